The Bertz CT molecular complexity index is 991. The third kappa shape index (κ3) is 3.24. The van der Waals surface area contributed by atoms with Gasteiger partial charge in [-0.15, -0.1) is 11.3 Å². The predicted molar refractivity (Wildman–Crippen MR) is 95.1 cm³/mol. The predicted octanol–water partition coefficient (Wildman–Crippen LogP) is 4.82. The number of anilines is 1. The fourth-order valence-electron chi connectivity index (χ4n) is 2.86. The summed E-state index contributed by atoms with van der Waals surface area (Å²) in [7, 11) is 0. The molecule has 0 unspecified atom stereocenters. The van der Waals surface area contributed by atoms with Gasteiger partial charge in [0.15, 0.2) is 11.6 Å². The summed E-state index contributed by atoms with van der Waals surface area (Å²) in [6, 6.07) is 8.54. The standard InChI is InChI=1S/C18H14F3N3OS/c19-11-5-6-24(9-11)18(25)22-12-2-4-16-15(8-12)23-17(26-16)10-1-3-13(20)14(21)7-10/h1-4,7-8,11H,5-6,9H2,(H,22,25)/t11-/m0/s1. The molecule has 8 heteroatoms. The molecule has 1 aliphatic rings. The molecule has 0 bridgehead atoms. The van der Waals surface area contributed by atoms with Gasteiger partial charge >= 0.3 is 6.03 Å². The van der Waals surface area contributed by atoms with Crippen LogP contribution in [0.2, 0.25) is 0 Å². The second-order valence-electron chi connectivity index (χ2n) is 6.09. The van der Waals surface area contributed by atoms with Crippen molar-refractivity contribution in [3.05, 3.63) is 48.0 Å². The summed E-state index contributed by atoms with van der Waals surface area (Å²) in [6.07, 6.45) is -0.615. The lowest BCUT2D eigenvalue weighted by atomic mass is 10.2. The molecule has 134 valence electrons. The molecule has 1 saturated heterocycles. The van der Waals surface area contributed by atoms with E-state index in [1.807, 2.05) is 0 Å². The number of nitrogens with zero attached hydrogens (tertiary/aromatic N) is 2. The fraction of sp³-hybridized carbons (Fsp3) is 0.222. The molecule has 26 heavy (non-hydrogen) atoms. The Hall–Kier alpha value is -2.61. The first-order valence-corrected chi connectivity index (χ1v) is 8.87. The molecule has 4 rings (SSSR count). The number of amides is 2. The fourth-order valence-corrected chi connectivity index (χ4v) is 3.80. The Morgan fingerprint density at radius 2 is 2.04 bits per heavy atom. The maximum Gasteiger partial charge on any atom is 0.321 e. The molecular formula is C18H14F3N3OS. The molecule has 1 aromatic heterocycles. The number of carbonyl (C=O) groups excluding carboxylic acids is 1. The molecule has 2 aromatic carbocycles. The number of nitrogens with one attached hydrogen (secondary N) is 1. The van der Waals surface area contributed by atoms with Gasteiger partial charge in [-0.2, -0.15) is 0 Å². The van der Waals surface area contributed by atoms with Gasteiger partial charge in [0.05, 0.1) is 16.8 Å². The number of fused-ring (bicyclic) bond motifs is 1. The second-order valence-corrected chi connectivity index (χ2v) is 7.12. The van der Waals surface area contributed by atoms with Gasteiger partial charge < -0.3 is 10.2 Å². The zero-order valence-corrected chi connectivity index (χ0v) is 14.3. The first kappa shape index (κ1) is 16.8. The summed E-state index contributed by atoms with van der Waals surface area (Å²) in [5, 5.41) is 3.30. The van der Waals surface area contributed by atoms with Gasteiger partial charge in [-0.3, -0.25) is 0 Å². The van der Waals surface area contributed by atoms with E-state index >= 15 is 0 Å². The molecule has 3 aromatic rings. The van der Waals surface area contributed by atoms with Crippen LogP contribution in [-0.2, 0) is 0 Å². The van der Waals surface area contributed by atoms with Crippen LogP contribution in [0.15, 0.2) is 36.4 Å². The van der Waals surface area contributed by atoms with Crippen molar-refractivity contribution in [3.63, 3.8) is 0 Å². The van der Waals surface area contributed by atoms with E-state index in [0.29, 0.717) is 34.7 Å². The molecule has 1 fully saturated rings. The molecule has 4 nitrogen and oxygen atoms in total. The van der Waals surface area contributed by atoms with Crippen molar-refractivity contribution in [1.82, 2.24) is 9.88 Å². The van der Waals surface area contributed by atoms with E-state index in [9.17, 15) is 18.0 Å². The molecule has 0 radical (unpaired) electrons. The molecule has 0 aliphatic carbocycles. The number of rotatable bonds is 2. The van der Waals surface area contributed by atoms with Gasteiger partial charge in [0.25, 0.3) is 0 Å². The summed E-state index contributed by atoms with van der Waals surface area (Å²) >= 11 is 1.35. The lowest BCUT2D eigenvalue weighted by Crippen LogP contribution is -2.33. The number of thiazole rings is 1. The van der Waals surface area contributed by atoms with Crippen molar-refractivity contribution in [1.29, 1.82) is 0 Å². The maximum absolute atomic E-state index is 13.4. The SMILES string of the molecule is O=C(Nc1ccc2sc(-c3ccc(F)c(F)c3)nc2c1)N1CC[C@H](F)C1. The largest absolute Gasteiger partial charge is 0.322 e. The maximum atomic E-state index is 13.4. The summed E-state index contributed by atoms with van der Waals surface area (Å²) < 4.78 is 40.6. The monoisotopic (exact) mass is 377 g/mol. The van der Waals surface area contributed by atoms with Crippen LogP contribution >= 0.6 is 11.3 Å². The van der Waals surface area contributed by atoms with Crippen LogP contribution in [0.5, 0.6) is 0 Å². The number of carbonyl (C=O) groups is 1. The molecule has 0 spiro atoms. The van der Waals surface area contributed by atoms with Gasteiger partial charge in [0.1, 0.15) is 11.2 Å². The van der Waals surface area contributed by atoms with E-state index in [-0.39, 0.29) is 12.6 Å². The minimum atomic E-state index is -0.972. The van der Waals surface area contributed by atoms with Crippen molar-refractivity contribution >= 4 is 33.3 Å². The van der Waals surface area contributed by atoms with Crippen molar-refractivity contribution in [2.24, 2.45) is 0 Å². The van der Waals surface area contributed by atoms with Crippen molar-refractivity contribution in [2.75, 3.05) is 18.4 Å². The minimum absolute atomic E-state index is 0.102. The Kier molecular flexibility index (Phi) is 4.28. The van der Waals surface area contributed by atoms with Crippen LogP contribution in [-0.4, -0.2) is 35.2 Å². The lowest BCUT2D eigenvalue weighted by molar-refractivity contribution is 0.218. The van der Waals surface area contributed by atoms with E-state index < -0.39 is 17.8 Å². The van der Waals surface area contributed by atoms with Crippen LogP contribution in [0.4, 0.5) is 23.7 Å². The molecule has 2 amide bonds. The first-order chi connectivity index (χ1) is 12.5. The summed E-state index contributed by atoms with van der Waals surface area (Å²) in [4.78, 5) is 18.0. The Morgan fingerprint density at radius 1 is 1.19 bits per heavy atom. The summed E-state index contributed by atoms with van der Waals surface area (Å²) in [6.45, 7) is 0.497. The minimum Gasteiger partial charge on any atom is -0.322 e. The van der Waals surface area contributed by atoms with Gasteiger partial charge in [-0.05, 0) is 42.8 Å². The average Bonchev–Trinajstić information content (AvgIpc) is 3.23. The highest BCUT2D eigenvalue weighted by molar-refractivity contribution is 7.21. The molecule has 1 N–H and O–H groups in total. The number of hydrogen-bond donors (Lipinski definition) is 1. The van der Waals surface area contributed by atoms with Crippen LogP contribution in [0, 0.1) is 11.6 Å². The molecule has 1 aliphatic heterocycles. The quantitative estimate of drug-likeness (QED) is 0.696. The van der Waals surface area contributed by atoms with Gasteiger partial charge in [-0.25, -0.2) is 22.9 Å². The number of aromatic nitrogens is 1. The van der Waals surface area contributed by atoms with Crippen LogP contribution in [0.3, 0.4) is 0 Å². The van der Waals surface area contributed by atoms with Crippen molar-refractivity contribution in [3.8, 4) is 10.6 Å². The number of alkyl halides is 1. The second kappa shape index (κ2) is 6.60. The number of likely N-dealkylation sites (tertiary alicyclic amines) is 1. The number of hydrogen-bond acceptors (Lipinski definition) is 3. The number of halogens is 3. The van der Waals surface area contributed by atoms with Crippen LogP contribution < -0.4 is 5.32 Å². The molecular weight excluding hydrogens is 363 g/mol. The highest BCUT2D eigenvalue weighted by atomic mass is 32.1. The van der Waals surface area contributed by atoms with Crippen LogP contribution in [0.25, 0.3) is 20.8 Å². The normalized spacial score (nSPS) is 17.0. The van der Waals surface area contributed by atoms with Crippen molar-refractivity contribution in [2.45, 2.75) is 12.6 Å². The van der Waals surface area contributed by atoms with Crippen molar-refractivity contribution < 1.29 is 18.0 Å². The van der Waals surface area contributed by atoms with Gasteiger partial charge in [0.2, 0.25) is 0 Å². The van der Waals surface area contributed by atoms with Crippen LogP contribution in [0.1, 0.15) is 6.42 Å². The Morgan fingerprint density at radius 3 is 2.77 bits per heavy atom. The lowest BCUT2D eigenvalue weighted by Gasteiger charge is -2.16. The first-order valence-electron chi connectivity index (χ1n) is 8.05. The zero-order chi connectivity index (χ0) is 18.3. The van der Waals surface area contributed by atoms with E-state index in [1.54, 1.807) is 18.2 Å². The Labute approximate surface area is 151 Å². The van der Waals surface area contributed by atoms with Gasteiger partial charge in [0, 0.05) is 17.8 Å². The summed E-state index contributed by atoms with van der Waals surface area (Å²) in [5.74, 6) is -1.83. The zero-order valence-electron chi connectivity index (χ0n) is 13.5. The highest BCUT2D eigenvalue weighted by Gasteiger charge is 2.25. The topological polar surface area (TPSA) is 45.2 Å². The van der Waals surface area contributed by atoms with E-state index in [0.717, 1.165) is 16.8 Å². The van der Waals surface area contributed by atoms with E-state index in [4.69, 9.17) is 0 Å². The smallest absolute Gasteiger partial charge is 0.321 e. The van der Waals surface area contributed by atoms with Gasteiger partial charge in [-0.1, -0.05) is 0 Å². The molecule has 0 saturated carbocycles. The summed E-state index contributed by atoms with van der Waals surface area (Å²) in [5.41, 5.74) is 1.67. The third-order valence-electron chi connectivity index (χ3n) is 4.22. The van der Waals surface area contributed by atoms with E-state index in [1.165, 1.54) is 22.3 Å². The Balaban J connectivity index is 1.57. The van der Waals surface area contributed by atoms with E-state index in [2.05, 4.69) is 10.3 Å². The number of urea groups is 1. The number of benzene rings is 2. The average molecular weight is 377 g/mol. The third-order valence-corrected chi connectivity index (χ3v) is 5.31. The highest BCUT2D eigenvalue weighted by Crippen LogP contribution is 2.32. The molecule has 2 heterocycles. The molecule has 1 atom stereocenters.